The normalized spacial score (nSPS) is 15.5. The number of pyridine rings is 1. The highest BCUT2D eigenvalue weighted by Crippen LogP contribution is 2.36. The van der Waals surface area contributed by atoms with E-state index in [-0.39, 0.29) is 5.75 Å². The number of fused-ring (bicyclic) bond motifs is 3. The summed E-state index contributed by atoms with van der Waals surface area (Å²) in [5.74, 6) is 2.25. The number of nitrogens with zero attached hydrogens (tertiary/aromatic N) is 3. The highest BCUT2D eigenvalue weighted by molar-refractivity contribution is 6.05. The Morgan fingerprint density at radius 1 is 1.16 bits per heavy atom. The lowest BCUT2D eigenvalue weighted by Gasteiger charge is -2.28. The van der Waals surface area contributed by atoms with Crippen LogP contribution in [0.1, 0.15) is 18.5 Å². The van der Waals surface area contributed by atoms with Gasteiger partial charge >= 0.3 is 0 Å². The average molecular weight is 434 g/mol. The Hall–Kier alpha value is -3.32. The summed E-state index contributed by atoms with van der Waals surface area (Å²) in [6, 6.07) is 11.2. The lowest BCUT2D eigenvalue weighted by Crippen LogP contribution is -2.32. The van der Waals surface area contributed by atoms with Crippen LogP contribution < -0.4 is 14.0 Å². The molecule has 1 fully saturated rings. The van der Waals surface area contributed by atoms with Crippen LogP contribution in [0.25, 0.3) is 27.5 Å². The summed E-state index contributed by atoms with van der Waals surface area (Å²) in [7, 11) is 3.85. The van der Waals surface area contributed by atoms with Gasteiger partial charge in [0.1, 0.15) is 5.75 Å². The average Bonchev–Trinajstić information content (AvgIpc) is 3.19. The van der Waals surface area contributed by atoms with Crippen LogP contribution in [0.4, 0.5) is 0 Å². The summed E-state index contributed by atoms with van der Waals surface area (Å²) in [5.41, 5.74) is 3.79. The number of aromatic nitrogens is 3. The molecular formula is C25H29N4O3+. The molecule has 0 saturated carbocycles. The Morgan fingerprint density at radius 2 is 1.91 bits per heavy atom. The van der Waals surface area contributed by atoms with Gasteiger partial charge < -0.3 is 19.5 Å². The van der Waals surface area contributed by atoms with E-state index >= 15 is 0 Å². The minimum absolute atomic E-state index is 0.234. The number of likely N-dealkylation sites (tertiary alicyclic amines) is 1. The molecule has 0 amide bonds. The summed E-state index contributed by atoms with van der Waals surface area (Å²) in [6.45, 7) is 4.95. The lowest BCUT2D eigenvalue weighted by atomic mass is 9.98. The molecule has 7 nitrogen and oxygen atoms in total. The summed E-state index contributed by atoms with van der Waals surface area (Å²) < 4.78 is 14.1. The highest BCUT2D eigenvalue weighted by Gasteiger charge is 2.23. The fourth-order valence-corrected chi connectivity index (χ4v) is 4.56. The van der Waals surface area contributed by atoms with E-state index in [4.69, 9.17) is 9.47 Å². The molecule has 0 spiro atoms. The van der Waals surface area contributed by atoms with Crippen LogP contribution in [0.5, 0.6) is 17.2 Å². The molecule has 2 aromatic carbocycles. The number of piperidine rings is 1. The van der Waals surface area contributed by atoms with Crippen molar-refractivity contribution in [1.29, 1.82) is 0 Å². The topological polar surface area (TPSA) is 74.5 Å². The van der Waals surface area contributed by atoms with Crippen molar-refractivity contribution in [3.05, 3.63) is 48.3 Å². The van der Waals surface area contributed by atoms with Gasteiger partial charge in [-0.2, -0.15) is 9.67 Å². The Balaban J connectivity index is 1.61. The zero-order chi connectivity index (χ0) is 22.2. The van der Waals surface area contributed by atoms with Crippen LogP contribution in [0, 0.1) is 12.8 Å². The predicted molar refractivity (Wildman–Crippen MR) is 124 cm³/mol. The maximum Gasteiger partial charge on any atom is 0.223 e. The summed E-state index contributed by atoms with van der Waals surface area (Å²) in [6.07, 6.45) is 4.31. The smallest absolute Gasteiger partial charge is 0.223 e. The molecule has 4 aromatic rings. The van der Waals surface area contributed by atoms with Crippen LogP contribution in [-0.2, 0) is 0 Å². The van der Waals surface area contributed by atoms with Crippen molar-refractivity contribution in [3.8, 4) is 22.9 Å². The van der Waals surface area contributed by atoms with Crippen molar-refractivity contribution in [1.82, 2.24) is 15.1 Å². The first kappa shape index (κ1) is 20.6. The van der Waals surface area contributed by atoms with Gasteiger partial charge in [-0.05, 0) is 64.0 Å². The maximum absolute atomic E-state index is 9.73. The van der Waals surface area contributed by atoms with E-state index in [1.54, 1.807) is 19.2 Å². The SMILES string of the molecule is COc1cc2c(cc1OCC1CCN(C)CC1)c1c(C)[nH]nc1c[n+]2-c1ccc(O)cc1. The Labute approximate surface area is 187 Å². The molecule has 0 bridgehead atoms. The number of ether oxygens (including phenoxy) is 2. The van der Waals surface area contributed by atoms with Gasteiger partial charge in [0, 0.05) is 23.2 Å². The summed E-state index contributed by atoms with van der Waals surface area (Å²) in [4.78, 5) is 2.37. The van der Waals surface area contributed by atoms with Crippen LogP contribution >= 0.6 is 0 Å². The fourth-order valence-electron chi connectivity index (χ4n) is 4.56. The molecule has 7 heteroatoms. The Kier molecular flexibility index (Phi) is 5.35. The van der Waals surface area contributed by atoms with Gasteiger partial charge in [-0.3, -0.25) is 5.10 Å². The fraction of sp³-hybridized carbons (Fsp3) is 0.360. The Bertz CT molecular complexity index is 1260. The number of methoxy groups -OCH3 is 1. The van der Waals surface area contributed by atoms with Crippen LogP contribution in [0.3, 0.4) is 0 Å². The summed E-state index contributed by atoms with van der Waals surface area (Å²) >= 11 is 0. The van der Waals surface area contributed by atoms with Gasteiger partial charge in [-0.15, -0.1) is 0 Å². The van der Waals surface area contributed by atoms with Crippen molar-refractivity contribution in [3.63, 3.8) is 0 Å². The van der Waals surface area contributed by atoms with Gasteiger partial charge in [0.25, 0.3) is 0 Å². The number of H-pyrrole nitrogens is 1. The van der Waals surface area contributed by atoms with Crippen molar-refractivity contribution in [2.24, 2.45) is 5.92 Å². The van der Waals surface area contributed by atoms with Gasteiger partial charge in [0.15, 0.2) is 17.0 Å². The molecule has 1 aliphatic heterocycles. The van der Waals surface area contributed by atoms with E-state index in [0.717, 1.165) is 64.9 Å². The number of aryl methyl sites for hydroxylation is 1. The van der Waals surface area contributed by atoms with Crippen molar-refractivity contribution in [2.45, 2.75) is 19.8 Å². The van der Waals surface area contributed by atoms with E-state index in [1.165, 1.54) is 0 Å². The molecule has 5 rings (SSSR count). The number of benzene rings is 2. The minimum atomic E-state index is 0.234. The van der Waals surface area contributed by atoms with Crippen molar-refractivity contribution in [2.75, 3.05) is 33.9 Å². The van der Waals surface area contributed by atoms with E-state index in [9.17, 15) is 5.11 Å². The van der Waals surface area contributed by atoms with E-state index in [2.05, 4.69) is 32.8 Å². The molecule has 32 heavy (non-hydrogen) atoms. The maximum atomic E-state index is 9.73. The first-order chi connectivity index (χ1) is 15.5. The van der Waals surface area contributed by atoms with Gasteiger partial charge in [0.2, 0.25) is 17.4 Å². The third-order valence-corrected chi connectivity index (χ3v) is 6.48. The molecular weight excluding hydrogens is 404 g/mol. The lowest BCUT2D eigenvalue weighted by molar-refractivity contribution is -0.565. The molecule has 2 N–H and O–H groups in total. The number of phenols is 1. The molecule has 2 aromatic heterocycles. The monoisotopic (exact) mass is 433 g/mol. The number of phenolic OH excluding ortho intramolecular Hbond substituents is 1. The van der Waals surface area contributed by atoms with E-state index < -0.39 is 0 Å². The third kappa shape index (κ3) is 3.73. The van der Waals surface area contributed by atoms with Gasteiger partial charge in [-0.1, -0.05) is 0 Å². The molecule has 0 unspecified atom stereocenters. The number of aromatic amines is 1. The second kappa shape index (κ2) is 8.31. The second-order valence-corrected chi connectivity index (χ2v) is 8.70. The number of aromatic hydroxyl groups is 1. The molecule has 1 aliphatic rings. The first-order valence-electron chi connectivity index (χ1n) is 11.1. The standard InChI is InChI=1S/C25H28N4O3/c1-16-25-20-12-24(32-15-17-8-10-28(2)11-9-17)23(31-3)13-22(20)29(14-21(25)27-26-16)18-4-6-19(30)7-5-18/h4-7,12-14,17,30H,8-11,15H2,1-3H3/p+1. The van der Waals surface area contributed by atoms with Crippen LogP contribution in [0.2, 0.25) is 0 Å². The molecule has 0 aliphatic carbocycles. The van der Waals surface area contributed by atoms with Crippen molar-refractivity contribution >= 4 is 21.8 Å². The second-order valence-electron chi connectivity index (χ2n) is 8.70. The van der Waals surface area contributed by atoms with Crippen LogP contribution in [-0.4, -0.2) is 54.1 Å². The molecule has 0 atom stereocenters. The highest BCUT2D eigenvalue weighted by atomic mass is 16.5. The van der Waals surface area contributed by atoms with Gasteiger partial charge in [-0.25, -0.2) is 0 Å². The third-order valence-electron chi connectivity index (χ3n) is 6.48. The zero-order valence-corrected chi connectivity index (χ0v) is 18.8. The largest absolute Gasteiger partial charge is 0.508 e. The zero-order valence-electron chi connectivity index (χ0n) is 18.8. The number of hydrogen-bond acceptors (Lipinski definition) is 5. The van der Waals surface area contributed by atoms with E-state index in [1.807, 2.05) is 31.3 Å². The first-order valence-corrected chi connectivity index (χ1v) is 11.1. The molecule has 1 saturated heterocycles. The Morgan fingerprint density at radius 3 is 2.62 bits per heavy atom. The molecule has 166 valence electrons. The van der Waals surface area contributed by atoms with Crippen molar-refractivity contribution < 1.29 is 19.1 Å². The molecule has 3 heterocycles. The number of nitrogens with one attached hydrogen (secondary N) is 1. The summed E-state index contributed by atoms with van der Waals surface area (Å²) in [5, 5.41) is 19.5. The number of hydrogen-bond donors (Lipinski definition) is 2. The quantitative estimate of drug-likeness (QED) is 0.469. The minimum Gasteiger partial charge on any atom is -0.508 e. The predicted octanol–water partition coefficient (Wildman–Crippen LogP) is 3.74. The van der Waals surface area contributed by atoms with Gasteiger partial charge in [0.05, 0.1) is 25.2 Å². The molecule has 0 radical (unpaired) electrons. The van der Waals surface area contributed by atoms with E-state index in [0.29, 0.717) is 18.3 Å². The van der Waals surface area contributed by atoms with Crippen LogP contribution in [0.15, 0.2) is 42.6 Å². The number of rotatable bonds is 5.